The van der Waals surface area contributed by atoms with Crippen molar-refractivity contribution in [3.05, 3.63) is 77.8 Å². The van der Waals surface area contributed by atoms with Crippen LogP contribution in [0.1, 0.15) is 25.7 Å². The van der Waals surface area contributed by atoms with Crippen LogP contribution < -0.4 is 20.1 Å². The summed E-state index contributed by atoms with van der Waals surface area (Å²) in [6.07, 6.45) is 5.49. The molecule has 35 heavy (non-hydrogen) atoms. The standard InChI is InChI=1S/C27H26ClFN4O2/c1-34-25-15-24-21(27(31-16-30-24)33-19-9-12-23(29)22(28)13-19)14-26(25)35-20-10-7-18(8-11-20)32-17-5-3-2-4-6-17/h2-6,9,12-16,18,20,32H,7-8,10-11H2,1H3,(H,30,31,33)/t18-,20-. The molecular formula is C27H26ClFN4O2. The van der Waals surface area contributed by atoms with E-state index in [1.165, 1.54) is 18.5 Å². The Hall–Kier alpha value is -3.58. The second-order valence-corrected chi connectivity index (χ2v) is 9.01. The van der Waals surface area contributed by atoms with E-state index in [1.54, 1.807) is 13.2 Å². The van der Waals surface area contributed by atoms with Gasteiger partial charge in [0.25, 0.3) is 0 Å². The van der Waals surface area contributed by atoms with Crippen LogP contribution in [0.5, 0.6) is 11.5 Å². The van der Waals surface area contributed by atoms with Crippen LogP contribution in [0.2, 0.25) is 5.02 Å². The SMILES string of the molecule is COc1cc2ncnc(Nc3ccc(F)c(Cl)c3)c2cc1O[C@H]1CC[C@H](Nc2ccccc2)CC1. The molecule has 0 bridgehead atoms. The van der Waals surface area contributed by atoms with Crippen LogP contribution in [0.4, 0.5) is 21.6 Å². The number of aromatic nitrogens is 2. The molecule has 0 radical (unpaired) electrons. The van der Waals surface area contributed by atoms with Crippen molar-refractivity contribution in [2.75, 3.05) is 17.7 Å². The molecule has 1 heterocycles. The number of para-hydroxylation sites is 1. The van der Waals surface area contributed by atoms with E-state index >= 15 is 0 Å². The number of hydrogen-bond donors (Lipinski definition) is 2. The number of hydrogen-bond acceptors (Lipinski definition) is 6. The molecule has 1 aliphatic rings. The third kappa shape index (κ3) is 5.41. The minimum Gasteiger partial charge on any atom is -0.493 e. The smallest absolute Gasteiger partial charge is 0.162 e. The Bertz CT molecular complexity index is 1310. The number of nitrogens with one attached hydrogen (secondary N) is 2. The van der Waals surface area contributed by atoms with E-state index in [-0.39, 0.29) is 11.1 Å². The Kier molecular flexibility index (Phi) is 6.86. The highest BCUT2D eigenvalue weighted by atomic mass is 35.5. The van der Waals surface area contributed by atoms with Crippen LogP contribution in [0, 0.1) is 5.82 Å². The first-order chi connectivity index (χ1) is 17.1. The van der Waals surface area contributed by atoms with Crippen molar-refractivity contribution in [3.63, 3.8) is 0 Å². The Morgan fingerprint density at radius 2 is 1.71 bits per heavy atom. The topological polar surface area (TPSA) is 68.3 Å². The fourth-order valence-electron chi connectivity index (χ4n) is 4.40. The molecule has 1 fully saturated rings. The lowest BCUT2D eigenvalue weighted by atomic mass is 9.92. The second-order valence-electron chi connectivity index (χ2n) is 8.60. The normalized spacial score (nSPS) is 17.7. The molecule has 0 unspecified atom stereocenters. The van der Waals surface area contributed by atoms with Crippen LogP contribution in [-0.4, -0.2) is 29.2 Å². The zero-order valence-corrected chi connectivity index (χ0v) is 20.1. The zero-order valence-electron chi connectivity index (χ0n) is 19.3. The predicted molar refractivity (Wildman–Crippen MR) is 138 cm³/mol. The quantitative estimate of drug-likeness (QED) is 0.290. The van der Waals surface area contributed by atoms with E-state index in [1.807, 2.05) is 30.3 Å². The summed E-state index contributed by atoms with van der Waals surface area (Å²) in [5.41, 5.74) is 2.48. The van der Waals surface area contributed by atoms with E-state index in [0.29, 0.717) is 34.6 Å². The van der Waals surface area contributed by atoms with Crippen LogP contribution in [0.3, 0.4) is 0 Å². The average Bonchev–Trinajstić information content (AvgIpc) is 2.88. The molecule has 8 heteroatoms. The summed E-state index contributed by atoms with van der Waals surface area (Å²) in [6.45, 7) is 0. The number of halogens is 2. The van der Waals surface area contributed by atoms with E-state index in [9.17, 15) is 4.39 Å². The molecule has 0 saturated heterocycles. The molecule has 1 aromatic heterocycles. The molecule has 0 amide bonds. The lowest BCUT2D eigenvalue weighted by Gasteiger charge is -2.30. The van der Waals surface area contributed by atoms with Gasteiger partial charge in [-0.3, -0.25) is 0 Å². The molecule has 1 aliphatic carbocycles. The Morgan fingerprint density at radius 3 is 2.46 bits per heavy atom. The highest BCUT2D eigenvalue weighted by Gasteiger charge is 2.24. The summed E-state index contributed by atoms with van der Waals surface area (Å²) in [5, 5.41) is 7.62. The number of anilines is 3. The van der Waals surface area contributed by atoms with Gasteiger partial charge in [-0.2, -0.15) is 0 Å². The minimum absolute atomic E-state index is 0.0383. The lowest BCUT2D eigenvalue weighted by Crippen LogP contribution is -2.31. The lowest BCUT2D eigenvalue weighted by molar-refractivity contribution is 0.145. The predicted octanol–water partition coefficient (Wildman–Crippen LogP) is 6.98. The number of methoxy groups -OCH3 is 1. The highest BCUT2D eigenvalue weighted by Crippen LogP contribution is 2.37. The zero-order chi connectivity index (χ0) is 24.2. The van der Waals surface area contributed by atoms with Crippen LogP contribution in [0.15, 0.2) is 67.0 Å². The van der Waals surface area contributed by atoms with Gasteiger partial charge < -0.3 is 20.1 Å². The van der Waals surface area contributed by atoms with Gasteiger partial charge in [0.1, 0.15) is 18.0 Å². The largest absolute Gasteiger partial charge is 0.493 e. The van der Waals surface area contributed by atoms with E-state index < -0.39 is 5.82 Å². The third-order valence-corrected chi connectivity index (χ3v) is 6.51. The molecule has 3 aromatic carbocycles. The summed E-state index contributed by atoms with van der Waals surface area (Å²) in [7, 11) is 1.62. The van der Waals surface area contributed by atoms with Gasteiger partial charge in [-0.25, -0.2) is 14.4 Å². The van der Waals surface area contributed by atoms with Crippen LogP contribution in [-0.2, 0) is 0 Å². The maximum atomic E-state index is 13.6. The molecule has 2 N–H and O–H groups in total. The van der Waals surface area contributed by atoms with Gasteiger partial charge in [0.15, 0.2) is 11.5 Å². The fourth-order valence-corrected chi connectivity index (χ4v) is 4.58. The van der Waals surface area contributed by atoms with Gasteiger partial charge in [-0.15, -0.1) is 0 Å². The summed E-state index contributed by atoms with van der Waals surface area (Å²) in [5.74, 6) is 1.37. The summed E-state index contributed by atoms with van der Waals surface area (Å²) in [6, 6.07) is 18.9. The first-order valence-electron chi connectivity index (χ1n) is 11.6. The van der Waals surface area contributed by atoms with Gasteiger partial charge in [0, 0.05) is 28.9 Å². The summed E-state index contributed by atoms with van der Waals surface area (Å²) < 4.78 is 25.6. The van der Waals surface area contributed by atoms with Crippen molar-refractivity contribution in [3.8, 4) is 11.5 Å². The van der Waals surface area contributed by atoms with Gasteiger partial charge in [-0.1, -0.05) is 29.8 Å². The third-order valence-electron chi connectivity index (χ3n) is 6.22. The van der Waals surface area contributed by atoms with Gasteiger partial charge in [0.05, 0.1) is 23.8 Å². The van der Waals surface area contributed by atoms with Gasteiger partial charge >= 0.3 is 0 Å². The Labute approximate surface area is 208 Å². The van der Waals surface area contributed by atoms with E-state index in [4.69, 9.17) is 21.1 Å². The number of nitrogens with zero attached hydrogens (tertiary/aromatic N) is 2. The first-order valence-corrected chi connectivity index (χ1v) is 12.0. The summed E-state index contributed by atoms with van der Waals surface area (Å²) >= 11 is 5.94. The van der Waals surface area contributed by atoms with Gasteiger partial charge in [-0.05, 0) is 62.1 Å². The molecule has 0 aliphatic heterocycles. The second kappa shape index (κ2) is 10.4. The molecule has 1 saturated carbocycles. The molecule has 5 rings (SSSR count). The number of fused-ring (bicyclic) bond motifs is 1. The molecular weight excluding hydrogens is 467 g/mol. The van der Waals surface area contributed by atoms with Crippen molar-refractivity contribution in [2.45, 2.75) is 37.8 Å². The van der Waals surface area contributed by atoms with Crippen molar-refractivity contribution in [1.82, 2.24) is 9.97 Å². The first kappa shape index (κ1) is 23.2. The Balaban J connectivity index is 1.33. The van der Waals surface area contributed by atoms with Crippen molar-refractivity contribution in [2.24, 2.45) is 0 Å². The number of benzene rings is 3. The maximum Gasteiger partial charge on any atom is 0.162 e. The number of rotatable bonds is 7. The average molecular weight is 493 g/mol. The Morgan fingerprint density at radius 1 is 0.914 bits per heavy atom. The minimum atomic E-state index is -0.473. The summed E-state index contributed by atoms with van der Waals surface area (Å²) in [4.78, 5) is 8.76. The highest BCUT2D eigenvalue weighted by molar-refractivity contribution is 6.31. The molecule has 0 spiro atoms. The molecule has 4 aromatic rings. The van der Waals surface area contributed by atoms with Crippen LogP contribution >= 0.6 is 11.6 Å². The van der Waals surface area contributed by atoms with Crippen molar-refractivity contribution < 1.29 is 13.9 Å². The number of ether oxygens (including phenoxy) is 2. The molecule has 0 atom stereocenters. The monoisotopic (exact) mass is 492 g/mol. The molecule has 180 valence electrons. The fraction of sp³-hybridized carbons (Fsp3) is 0.259. The maximum absolute atomic E-state index is 13.6. The van der Waals surface area contributed by atoms with E-state index in [2.05, 4.69) is 32.7 Å². The van der Waals surface area contributed by atoms with Crippen molar-refractivity contribution >= 4 is 39.7 Å². The molecule has 6 nitrogen and oxygen atoms in total. The van der Waals surface area contributed by atoms with Gasteiger partial charge in [0.2, 0.25) is 0 Å². The van der Waals surface area contributed by atoms with E-state index in [0.717, 1.165) is 36.8 Å². The van der Waals surface area contributed by atoms with Crippen molar-refractivity contribution in [1.29, 1.82) is 0 Å². The van der Waals surface area contributed by atoms with Crippen LogP contribution in [0.25, 0.3) is 10.9 Å².